The molecule has 0 bridgehead atoms. The Balaban J connectivity index is 1.93. The van der Waals surface area contributed by atoms with E-state index in [-0.39, 0.29) is 17.3 Å². The number of carbonyl (C=O) groups excluding carboxylic acids is 1. The lowest BCUT2D eigenvalue weighted by molar-refractivity contribution is 0.0942. The fourth-order valence-electron chi connectivity index (χ4n) is 2.55. The Hall–Kier alpha value is -2.16. The Morgan fingerprint density at radius 3 is 2.35 bits per heavy atom. The van der Waals surface area contributed by atoms with Crippen LogP contribution in [0.2, 0.25) is 0 Å². The number of aryl methyl sites for hydroxylation is 2. The fourth-order valence-corrected chi connectivity index (χ4v) is 3.45. The largest absolute Gasteiger partial charge is 0.466 e. The first-order valence-electron chi connectivity index (χ1n) is 8.18. The molecule has 7 nitrogen and oxygen atoms in total. The van der Waals surface area contributed by atoms with Crippen LogP contribution in [-0.2, 0) is 10.0 Å². The van der Waals surface area contributed by atoms with Gasteiger partial charge in [0.1, 0.15) is 11.5 Å². The van der Waals surface area contributed by atoms with Gasteiger partial charge in [-0.2, -0.15) is 0 Å². The number of aliphatic hydroxyl groups is 1. The number of nitrogens with zero attached hydrogens (tertiary/aromatic N) is 1. The number of furan rings is 1. The molecule has 1 atom stereocenters. The standard InChI is InChI=1S/C18H24N2O5S/c1-12-11-16(13(2)25-12)17(21)9-10-19-18(22)14-5-7-15(8-6-14)26(23,24)20(3)4/h5-8,11,17,21H,9-10H2,1-4H3,(H,19,22)/t17-/m1/s1. The summed E-state index contributed by atoms with van der Waals surface area (Å²) >= 11 is 0. The molecular weight excluding hydrogens is 356 g/mol. The monoisotopic (exact) mass is 380 g/mol. The number of carbonyl (C=O) groups is 1. The van der Waals surface area contributed by atoms with E-state index in [1.54, 1.807) is 13.0 Å². The van der Waals surface area contributed by atoms with Crippen LogP contribution in [0.1, 0.15) is 40.0 Å². The van der Waals surface area contributed by atoms with Gasteiger partial charge >= 0.3 is 0 Å². The molecule has 0 aliphatic carbocycles. The van der Waals surface area contributed by atoms with Crippen LogP contribution >= 0.6 is 0 Å². The maximum atomic E-state index is 12.2. The summed E-state index contributed by atoms with van der Waals surface area (Å²) in [6.45, 7) is 3.88. The molecule has 1 aromatic heterocycles. The van der Waals surface area contributed by atoms with E-state index in [0.29, 0.717) is 17.7 Å². The first kappa shape index (κ1) is 20.2. The summed E-state index contributed by atoms with van der Waals surface area (Å²) in [6, 6.07) is 7.51. The third kappa shape index (κ3) is 4.51. The molecule has 0 aliphatic rings. The van der Waals surface area contributed by atoms with Crippen molar-refractivity contribution in [2.45, 2.75) is 31.3 Å². The van der Waals surface area contributed by atoms with Crippen molar-refractivity contribution in [3.05, 3.63) is 53.0 Å². The van der Waals surface area contributed by atoms with Crippen LogP contribution in [0.25, 0.3) is 0 Å². The van der Waals surface area contributed by atoms with Gasteiger partial charge in [-0.15, -0.1) is 0 Å². The minimum Gasteiger partial charge on any atom is -0.466 e. The molecule has 2 N–H and O–H groups in total. The molecule has 2 rings (SSSR count). The highest BCUT2D eigenvalue weighted by Gasteiger charge is 2.18. The molecule has 26 heavy (non-hydrogen) atoms. The molecule has 0 spiro atoms. The average Bonchev–Trinajstić information content (AvgIpc) is 2.93. The van der Waals surface area contributed by atoms with Gasteiger partial charge in [0, 0.05) is 31.8 Å². The van der Waals surface area contributed by atoms with Gasteiger partial charge in [-0.3, -0.25) is 4.79 Å². The van der Waals surface area contributed by atoms with Crippen molar-refractivity contribution in [3.63, 3.8) is 0 Å². The second-order valence-electron chi connectivity index (χ2n) is 6.24. The maximum Gasteiger partial charge on any atom is 0.251 e. The third-order valence-electron chi connectivity index (χ3n) is 4.04. The van der Waals surface area contributed by atoms with E-state index in [1.807, 2.05) is 6.92 Å². The molecular formula is C18H24N2O5S. The lowest BCUT2D eigenvalue weighted by atomic mass is 10.1. The summed E-state index contributed by atoms with van der Waals surface area (Å²) in [5, 5.41) is 12.9. The van der Waals surface area contributed by atoms with Crippen LogP contribution in [0.5, 0.6) is 0 Å². The zero-order valence-corrected chi connectivity index (χ0v) is 16.1. The van der Waals surface area contributed by atoms with Gasteiger partial charge in [0.15, 0.2) is 0 Å². The molecule has 2 aromatic rings. The maximum absolute atomic E-state index is 12.2. The summed E-state index contributed by atoms with van der Waals surface area (Å²) in [4.78, 5) is 12.3. The minimum atomic E-state index is -3.52. The second-order valence-corrected chi connectivity index (χ2v) is 8.39. The van der Waals surface area contributed by atoms with Crippen LogP contribution in [0, 0.1) is 13.8 Å². The van der Waals surface area contributed by atoms with Crippen molar-refractivity contribution < 1.29 is 22.7 Å². The Morgan fingerprint density at radius 2 is 1.85 bits per heavy atom. The topological polar surface area (TPSA) is 99.8 Å². The predicted molar refractivity (Wildman–Crippen MR) is 97.4 cm³/mol. The third-order valence-corrected chi connectivity index (χ3v) is 5.87. The highest BCUT2D eigenvalue weighted by molar-refractivity contribution is 7.89. The SMILES string of the molecule is Cc1cc([C@H](O)CCNC(=O)c2ccc(S(=O)(=O)N(C)C)cc2)c(C)o1. The van der Waals surface area contributed by atoms with E-state index in [2.05, 4.69) is 5.32 Å². The van der Waals surface area contributed by atoms with E-state index < -0.39 is 16.1 Å². The number of nitrogens with one attached hydrogen (secondary N) is 1. The lowest BCUT2D eigenvalue weighted by Crippen LogP contribution is -2.26. The van der Waals surface area contributed by atoms with Crippen molar-refractivity contribution in [2.75, 3.05) is 20.6 Å². The molecule has 1 aromatic carbocycles. The van der Waals surface area contributed by atoms with Crippen LogP contribution < -0.4 is 5.32 Å². The minimum absolute atomic E-state index is 0.125. The number of aliphatic hydroxyl groups excluding tert-OH is 1. The Labute approximate surface area is 153 Å². The Kier molecular flexibility index (Phi) is 6.22. The molecule has 0 saturated carbocycles. The van der Waals surface area contributed by atoms with Gasteiger partial charge in [0.25, 0.3) is 5.91 Å². The molecule has 142 valence electrons. The van der Waals surface area contributed by atoms with Gasteiger partial charge in [-0.05, 0) is 50.6 Å². The number of hydrogen-bond acceptors (Lipinski definition) is 5. The first-order chi connectivity index (χ1) is 12.1. The van der Waals surface area contributed by atoms with Crippen molar-refractivity contribution in [3.8, 4) is 0 Å². The molecule has 1 heterocycles. The molecule has 0 unspecified atom stereocenters. The Morgan fingerprint density at radius 1 is 1.23 bits per heavy atom. The van der Waals surface area contributed by atoms with Crippen LogP contribution in [-0.4, -0.2) is 44.4 Å². The normalized spacial score (nSPS) is 13.0. The van der Waals surface area contributed by atoms with Crippen molar-refractivity contribution in [2.24, 2.45) is 0 Å². The van der Waals surface area contributed by atoms with Crippen LogP contribution in [0.3, 0.4) is 0 Å². The zero-order valence-electron chi connectivity index (χ0n) is 15.3. The molecule has 0 radical (unpaired) electrons. The summed E-state index contributed by atoms with van der Waals surface area (Å²) in [7, 11) is -0.623. The molecule has 0 saturated heterocycles. The number of rotatable bonds is 7. The van der Waals surface area contributed by atoms with E-state index in [1.165, 1.54) is 38.4 Å². The first-order valence-corrected chi connectivity index (χ1v) is 9.62. The van der Waals surface area contributed by atoms with E-state index in [0.717, 1.165) is 15.6 Å². The summed E-state index contributed by atoms with van der Waals surface area (Å²) in [5.41, 5.74) is 1.07. The molecule has 8 heteroatoms. The van der Waals surface area contributed by atoms with Crippen LogP contribution in [0.15, 0.2) is 39.6 Å². The van der Waals surface area contributed by atoms with E-state index in [4.69, 9.17) is 4.42 Å². The lowest BCUT2D eigenvalue weighted by Gasteiger charge is -2.12. The molecule has 1 amide bonds. The van der Waals surface area contributed by atoms with Gasteiger partial charge in [0.2, 0.25) is 10.0 Å². The van der Waals surface area contributed by atoms with Gasteiger partial charge in [0.05, 0.1) is 11.0 Å². The van der Waals surface area contributed by atoms with Gasteiger partial charge in [-0.25, -0.2) is 12.7 Å². The quantitative estimate of drug-likeness (QED) is 0.765. The smallest absolute Gasteiger partial charge is 0.251 e. The highest BCUT2D eigenvalue weighted by atomic mass is 32.2. The predicted octanol–water partition coefficient (Wildman–Crippen LogP) is 2.00. The number of hydrogen-bond donors (Lipinski definition) is 2. The average molecular weight is 380 g/mol. The van der Waals surface area contributed by atoms with Gasteiger partial charge < -0.3 is 14.8 Å². The fraction of sp³-hybridized carbons (Fsp3) is 0.389. The molecule has 0 fully saturated rings. The van der Waals surface area contributed by atoms with Crippen LogP contribution in [0.4, 0.5) is 0 Å². The molecule has 0 aliphatic heterocycles. The number of amides is 1. The second kappa shape index (κ2) is 8.03. The number of sulfonamides is 1. The Bertz CT molecular complexity index is 869. The number of benzene rings is 1. The zero-order chi connectivity index (χ0) is 19.5. The van der Waals surface area contributed by atoms with Crippen molar-refractivity contribution in [1.82, 2.24) is 9.62 Å². The van der Waals surface area contributed by atoms with E-state index in [9.17, 15) is 18.3 Å². The summed E-state index contributed by atoms with van der Waals surface area (Å²) in [5.74, 6) is 1.07. The highest BCUT2D eigenvalue weighted by Crippen LogP contribution is 2.23. The summed E-state index contributed by atoms with van der Waals surface area (Å²) in [6.07, 6.45) is -0.376. The van der Waals surface area contributed by atoms with Crippen molar-refractivity contribution in [1.29, 1.82) is 0 Å². The summed E-state index contributed by atoms with van der Waals surface area (Å²) < 4.78 is 30.5. The van der Waals surface area contributed by atoms with Crippen molar-refractivity contribution >= 4 is 15.9 Å². The van der Waals surface area contributed by atoms with E-state index >= 15 is 0 Å². The van der Waals surface area contributed by atoms with Gasteiger partial charge in [-0.1, -0.05) is 0 Å².